The molecule has 1 aromatic carbocycles. The van der Waals surface area contributed by atoms with Gasteiger partial charge in [-0.2, -0.15) is 0 Å². The van der Waals surface area contributed by atoms with Crippen LogP contribution in [0.2, 0.25) is 0 Å². The van der Waals surface area contributed by atoms with Crippen molar-refractivity contribution in [2.75, 3.05) is 11.9 Å². The molecule has 6 heteroatoms. The molecule has 17 heavy (non-hydrogen) atoms. The largest absolute Gasteiger partial charge is 0.384 e. The quantitative estimate of drug-likeness (QED) is 0.448. The van der Waals surface area contributed by atoms with Gasteiger partial charge in [-0.25, -0.2) is 0 Å². The smallest absolute Gasteiger partial charge is 0.270 e. The van der Waals surface area contributed by atoms with Crippen molar-refractivity contribution in [2.24, 2.45) is 5.73 Å². The number of non-ortho nitro benzene ring substituents is 1. The Kier molecular flexibility index (Phi) is 4.45. The molecule has 0 fully saturated rings. The number of primary amides is 1. The Balaban J connectivity index is 2.96. The van der Waals surface area contributed by atoms with Gasteiger partial charge in [-0.05, 0) is 12.5 Å². The number of nitrogens with zero attached hydrogens (tertiary/aromatic N) is 1. The zero-order valence-corrected chi connectivity index (χ0v) is 9.60. The van der Waals surface area contributed by atoms with Gasteiger partial charge >= 0.3 is 0 Å². The van der Waals surface area contributed by atoms with Crippen LogP contribution in [-0.2, 0) is 0 Å². The molecule has 0 atom stereocenters. The number of unbranched alkanes of at least 4 members (excludes halogenated alkanes) is 1. The number of carbonyl (C=O) groups is 1. The van der Waals surface area contributed by atoms with Crippen molar-refractivity contribution in [3.05, 3.63) is 33.9 Å². The Morgan fingerprint density at radius 1 is 1.53 bits per heavy atom. The first-order valence-corrected chi connectivity index (χ1v) is 5.38. The van der Waals surface area contributed by atoms with Gasteiger partial charge < -0.3 is 11.1 Å². The number of hydrogen-bond acceptors (Lipinski definition) is 4. The van der Waals surface area contributed by atoms with Gasteiger partial charge in [0.1, 0.15) is 0 Å². The summed E-state index contributed by atoms with van der Waals surface area (Å²) in [5, 5.41) is 13.6. The van der Waals surface area contributed by atoms with Gasteiger partial charge in [0.25, 0.3) is 11.6 Å². The second-order valence-electron chi connectivity index (χ2n) is 3.63. The first-order chi connectivity index (χ1) is 8.06. The van der Waals surface area contributed by atoms with Crippen LogP contribution < -0.4 is 11.1 Å². The number of nitro groups is 1. The Morgan fingerprint density at radius 2 is 2.24 bits per heavy atom. The van der Waals surface area contributed by atoms with Crippen molar-refractivity contribution < 1.29 is 9.72 Å². The minimum atomic E-state index is -0.673. The molecule has 0 aliphatic rings. The number of hydrogen-bond donors (Lipinski definition) is 2. The predicted octanol–water partition coefficient (Wildman–Crippen LogP) is 1.91. The molecule has 1 aromatic rings. The van der Waals surface area contributed by atoms with Gasteiger partial charge in [0.05, 0.1) is 10.5 Å². The highest BCUT2D eigenvalue weighted by Gasteiger charge is 2.14. The first-order valence-electron chi connectivity index (χ1n) is 5.38. The first kappa shape index (κ1) is 13.0. The van der Waals surface area contributed by atoms with Crippen LogP contribution in [0, 0.1) is 10.1 Å². The lowest BCUT2D eigenvalue weighted by Gasteiger charge is -2.09. The van der Waals surface area contributed by atoms with Crippen molar-refractivity contribution in [1.29, 1.82) is 0 Å². The summed E-state index contributed by atoms with van der Waals surface area (Å²) in [4.78, 5) is 21.2. The summed E-state index contributed by atoms with van der Waals surface area (Å²) >= 11 is 0. The molecule has 0 unspecified atom stereocenters. The highest BCUT2D eigenvalue weighted by molar-refractivity contribution is 5.99. The van der Waals surface area contributed by atoms with Gasteiger partial charge in [0, 0.05) is 24.4 Å². The lowest BCUT2D eigenvalue weighted by molar-refractivity contribution is -0.384. The van der Waals surface area contributed by atoms with E-state index < -0.39 is 10.8 Å². The third-order valence-corrected chi connectivity index (χ3v) is 2.33. The molecule has 92 valence electrons. The molecule has 0 bridgehead atoms. The van der Waals surface area contributed by atoms with Crippen LogP contribution in [0.4, 0.5) is 11.4 Å². The molecule has 1 amide bonds. The standard InChI is InChI=1S/C11H15N3O3/c1-2-3-6-13-10-5-4-8(14(16)17)7-9(10)11(12)15/h4-5,7,13H,2-3,6H2,1H3,(H2,12,15). The molecule has 6 nitrogen and oxygen atoms in total. The Bertz CT molecular complexity index is 432. The summed E-state index contributed by atoms with van der Waals surface area (Å²) in [5.74, 6) is -0.673. The lowest BCUT2D eigenvalue weighted by Crippen LogP contribution is -2.15. The molecule has 1 rings (SSSR count). The Hall–Kier alpha value is -2.11. The Labute approximate surface area is 99.0 Å². The summed E-state index contributed by atoms with van der Waals surface area (Å²) in [6.45, 7) is 2.75. The van der Waals surface area contributed by atoms with Crippen LogP contribution in [0.3, 0.4) is 0 Å². The van der Waals surface area contributed by atoms with Gasteiger partial charge in [-0.15, -0.1) is 0 Å². The minimum absolute atomic E-state index is 0.139. The summed E-state index contributed by atoms with van der Waals surface area (Å²) in [6.07, 6.45) is 1.97. The minimum Gasteiger partial charge on any atom is -0.384 e. The molecule has 3 N–H and O–H groups in total. The van der Waals surface area contributed by atoms with Crippen LogP contribution in [0.25, 0.3) is 0 Å². The molecule has 0 spiro atoms. The Morgan fingerprint density at radius 3 is 2.76 bits per heavy atom. The number of nitrogens with two attached hydrogens (primary N) is 1. The maximum atomic E-state index is 11.2. The van der Waals surface area contributed by atoms with Gasteiger partial charge in [0.15, 0.2) is 0 Å². The lowest BCUT2D eigenvalue weighted by atomic mass is 10.1. The topological polar surface area (TPSA) is 98.3 Å². The van der Waals surface area contributed by atoms with Crippen molar-refractivity contribution in [3.63, 3.8) is 0 Å². The molecular formula is C11H15N3O3. The average molecular weight is 237 g/mol. The maximum absolute atomic E-state index is 11.2. The molecule has 0 aliphatic heterocycles. The van der Waals surface area contributed by atoms with E-state index in [9.17, 15) is 14.9 Å². The third kappa shape index (κ3) is 3.44. The molecular weight excluding hydrogens is 222 g/mol. The van der Waals surface area contributed by atoms with E-state index in [1.54, 1.807) is 0 Å². The van der Waals surface area contributed by atoms with Crippen LogP contribution in [0.5, 0.6) is 0 Å². The maximum Gasteiger partial charge on any atom is 0.270 e. The second kappa shape index (κ2) is 5.83. The van der Waals surface area contributed by atoms with E-state index in [1.807, 2.05) is 6.92 Å². The fourth-order valence-corrected chi connectivity index (χ4v) is 1.40. The molecule has 0 saturated carbocycles. The van der Waals surface area contributed by atoms with E-state index in [2.05, 4.69) is 5.32 Å². The zero-order chi connectivity index (χ0) is 12.8. The number of anilines is 1. The fraction of sp³-hybridized carbons (Fsp3) is 0.364. The van der Waals surface area contributed by atoms with E-state index in [0.29, 0.717) is 12.2 Å². The second-order valence-corrected chi connectivity index (χ2v) is 3.63. The SMILES string of the molecule is CCCCNc1ccc([N+](=O)[O-])cc1C(N)=O. The number of nitro benzene ring substituents is 1. The van der Waals surface area contributed by atoms with Crippen molar-refractivity contribution in [2.45, 2.75) is 19.8 Å². The number of rotatable bonds is 6. The van der Waals surface area contributed by atoms with E-state index in [0.717, 1.165) is 12.8 Å². The van der Waals surface area contributed by atoms with Gasteiger partial charge in [0.2, 0.25) is 0 Å². The predicted molar refractivity (Wildman–Crippen MR) is 65.0 cm³/mol. The van der Waals surface area contributed by atoms with Crippen LogP contribution in [-0.4, -0.2) is 17.4 Å². The monoisotopic (exact) mass is 237 g/mol. The normalized spacial score (nSPS) is 9.94. The van der Waals surface area contributed by atoms with Crippen molar-refractivity contribution >= 4 is 17.3 Å². The van der Waals surface area contributed by atoms with Crippen molar-refractivity contribution in [1.82, 2.24) is 0 Å². The summed E-state index contributed by atoms with van der Waals surface area (Å²) < 4.78 is 0. The van der Waals surface area contributed by atoms with Crippen LogP contribution >= 0.6 is 0 Å². The number of amides is 1. The molecule has 0 radical (unpaired) electrons. The summed E-state index contributed by atoms with van der Waals surface area (Å²) in [7, 11) is 0. The number of nitrogens with one attached hydrogen (secondary N) is 1. The number of carbonyl (C=O) groups excluding carboxylic acids is 1. The van der Waals surface area contributed by atoms with E-state index in [4.69, 9.17) is 5.73 Å². The molecule has 0 heterocycles. The molecule has 0 aliphatic carbocycles. The average Bonchev–Trinajstić information content (AvgIpc) is 2.29. The van der Waals surface area contributed by atoms with Crippen molar-refractivity contribution in [3.8, 4) is 0 Å². The van der Waals surface area contributed by atoms with E-state index >= 15 is 0 Å². The van der Waals surface area contributed by atoms with Crippen LogP contribution in [0.15, 0.2) is 18.2 Å². The van der Waals surface area contributed by atoms with Gasteiger partial charge in [-0.1, -0.05) is 13.3 Å². The van der Waals surface area contributed by atoms with Gasteiger partial charge in [-0.3, -0.25) is 14.9 Å². The van der Waals surface area contributed by atoms with E-state index in [-0.39, 0.29) is 11.3 Å². The number of benzene rings is 1. The van der Waals surface area contributed by atoms with Crippen LogP contribution in [0.1, 0.15) is 30.1 Å². The highest BCUT2D eigenvalue weighted by Crippen LogP contribution is 2.21. The fourth-order valence-electron chi connectivity index (χ4n) is 1.40. The molecule has 0 aromatic heterocycles. The third-order valence-electron chi connectivity index (χ3n) is 2.33. The highest BCUT2D eigenvalue weighted by atomic mass is 16.6. The summed E-state index contributed by atoms with van der Waals surface area (Å²) in [5.41, 5.74) is 5.73. The van der Waals surface area contributed by atoms with E-state index in [1.165, 1.54) is 18.2 Å². The summed E-state index contributed by atoms with van der Waals surface area (Å²) in [6, 6.07) is 4.05. The zero-order valence-electron chi connectivity index (χ0n) is 9.60. The molecule has 0 saturated heterocycles.